The van der Waals surface area contributed by atoms with Crippen LogP contribution in [-0.2, 0) is 37.5 Å². The van der Waals surface area contributed by atoms with Crippen LogP contribution in [0, 0.1) is 0 Å². The normalized spacial score (nSPS) is 14.3. The summed E-state index contributed by atoms with van der Waals surface area (Å²) in [6, 6.07) is -1.52. The first-order valence-corrected chi connectivity index (χ1v) is 17.7. The third kappa shape index (κ3) is 27.5. The summed E-state index contributed by atoms with van der Waals surface area (Å²) in [5.74, 6) is -2.40. The van der Waals surface area contributed by atoms with Gasteiger partial charge in [-0.2, -0.15) is 0 Å². The summed E-state index contributed by atoms with van der Waals surface area (Å²) in [5, 5.41) is 8.81. The monoisotopic (exact) mass is 635 g/mol. The van der Waals surface area contributed by atoms with E-state index in [4.69, 9.17) is 24.8 Å². The van der Waals surface area contributed by atoms with Crippen LogP contribution in [-0.4, -0.2) is 59.9 Å². The quantitative estimate of drug-likeness (QED) is 0.0321. The number of phosphoric acid groups is 1. The summed E-state index contributed by atoms with van der Waals surface area (Å²) < 4.78 is 32.3. The summed E-state index contributed by atoms with van der Waals surface area (Å²) >= 11 is 0. The van der Waals surface area contributed by atoms with Gasteiger partial charge in [0.1, 0.15) is 12.6 Å². The van der Waals surface area contributed by atoms with E-state index >= 15 is 0 Å². The molecule has 0 bridgehead atoms. The van der Waals surface area contributed by atoms with Gasteiger partial charge < -0.3 is 25.2 Å². The zero-order valence-corrected chi connectivity index (χ0v) is 27.4. The number of carboxylic acids is 1. The molecule has 0 aromatic rings. The molecule has 12 heteroatoms. The Kier molecular flexibility index (Phi) is 26.6. The molecule has 0 spiro atoms. The number of carboxylic acid groups (broad SMARTS) is 1. The average molecular weight is 636 g/mol. The molecule has 0 aliphatic heterocycles. The van der Waals surface area contributed by atoms with Crippen molar-refractivity contribution in [2.24, 2.45) is 5.73 Å². The number of aliphatic carboxylic acids is 1. The molecule has 0 fully saturated rings. The van der Waals surface area contributed by atoms with E-state index in [0.29, 0.717) is 12.8 Å². The SMILES string of the molecule is CCC/C=C\CCCCCCCC(=O)OC(COC(=O)CCCCCCCCCCC)COP(=O)(O)OCC(N)C(=O)O. The Morgan fingerprint density at radius 1 is 0.698 bits per heavy atom. The zero-order valence-electron chi connectivity index (χ0n) is 26.6. The summed E-state index contributed by atoms with van der Waals surface area (Å²) in [6.07, 6.45) is 21.7. The highest BCUT2D eigenvalue weighted by Crippen LogP contribution is 2.43. The van der Waals surface area contributed by atoms with Crippen LogP contribution in [0.4, 0.5) is 0 Å². The molecule has 0 radical (unpaired) electrons. The minimum atomic E-state index is -4.69. The molecule has 0 saturated carbocycles. The predicted octanol–water partition coefficient (Wildman–Crippen LogP) is 6.99. The number of rotatable bonds is 30. The highest BCUT2D eigenvalue weighted by atomic mass is 31.2. The molecule has 3 atom stereocenters. The maximum atomic E-state index is 12.4. The standard InChI is InChI=1S/C31H58NO10P/c1-3-5-7-9-11-13-15-17-19-21-23-30(34)42-27(25-40-43(37,38)41-26-28(32)31(35)36)24-39-29(33)22-20-18-16-14-12-10-8-6-4-2/h7,9,27-28H,3-6,8,10-26,32H2,1-2H3,(H,35,36)(H,37,38)/b9-7-. The molecule has 0 aromatic carbocycles. The van der Waals surface area contributed by atoms with Gasteiger partial charge in [-0.05, 0) is 32.1 Å². The Hall–Kier alpha value is -1.78. The van der Waals surface area contributed by atoms with Crippen molar-refractivity contribution in [3.63, 3.8) is 0 Å². The fraction of sp³-hybridized carbons (Fsp3) is 0.839. The lowest BCUT2D eigenvalue weighted by molar-refractivity contribution is -0.161. The van der Waals surface area contributed by atoms with Crippen molar-refractivity contribution in [2.75, 3.05) is 19.8 Å². The van der Waals surface area contributed by atoms with Gasteiger partial charge >= 0.3 is 25.7 Å². The van der Waals surface area contributed by atoms with Gasteiger partial charge in [-0.15, -0.1) is 0 Å². The van der Waals surface area contributed by atoms with E-state index in [-0.39, 0.29) is 19.4 Å². The van der Waals surface area contributed by atoms with Crippen molar-refractivity contribution in [3.05, 3.63) is 12.2 Å². The van der Waals surface area contributed by atoms with Crippen LogP contribution in [0.15, 0.2) is 12.2 Å². The fourth-order valence-electron chi connectivity index (χ4n) is 4.12. The number of esters is 2. The van der Waals surface area contributed by atoms with Crippen LogP contribution >= 0.6 is 7.82 Å². The predicted molar refractivity (Wildman–Crippen MR) is 166 cm³/mol. The number of carbonyl (C=O) groups excluding carboxylic acids is 2. The Morgan fingerprint density at radius 2 is 1.21 bits per heavy atom. The summed E-state index contributed by atoms with van der Waals surface area (Å²) in [6.45, 7) is 2.66. The Bertz CT molecular complexity index is 807. The third-order valence-electron chi connectivity index (χ3n) is 6.74. The lowest BCUT2D eigenvalue weighted by Gasteiger charge is -2.20. The van der Waals surface area contributed by atoms with Crippen molar-refractivity contribution in [1.82, 2.24) is 0 Å². The number of nitrogens with two attached hydrogens (primary N) is 1. The Labute approximate surface area is 258 Å². The van der Waals surface area contributed by atoms with Gasteiger partial charge in [0.05, 0.1) is 13.2 Å². The molecule has 43 heavy (non-hydrogen) atoms. The maximum absolute atomic E-state index is 12.4. The molecule has 3 unspecified atom stereocenters. The minimum Gasteiger partial charge on any atom is -0.480 e. The minimum absolute atomic E-state index is 0.153. The molecule has 0 amide bonds. The molecule has 0 aromatic heterocycles. The smallest absolute Gasteiger partial charge is 0.472 e. The van der Waals surface area contributed by atoms with Crippen LogP contribution in [0.25, 0.3) is 0 Å². The zero-order chi connectivity index (χ0) is 32.2. The van der Waals surface area contributed by atoms with Crippen molar-refractivity contribution in [3.8, 4) is 0 Å². The number of ether oxygens (including phenoxy) is 2. The van der Waals surface area contributed by atoms with Crippen LogP contribution in [0.2, 0.25) is 0 Å². The summed E-state index contributed by atoms with van der Waals surface area (Å²) in [5.41, 5.74) is 5.28. The van der Waals surface area contributed by atoms with E-state index in [1.54, 1.807) is 0 Å². The van der Waals surface area contributed by atoms with E-state index < -0.39 is 51.1 Å². The van der Waals surface area contributed by atoms with Gasteiger partial charge in [0.25, 0.3) is 0 Å². The molecular formula is C31H58NO10P. The molecule has 4 N–H and O–H groups in total. The second-order valence-electron chi connectivity index (χ2n) is 10.9. The number of hydrogen-bond acceptors (Lipinski definition) is 9. The van der Waals surface area contributed by atoms with E-state index in [2.05, 4.69) is 30.5 Å². The van der Waals surface area contributed by atoms with Crippen LogP contribution < -0.4 is 5.73 Å². The van der Waals surface area contributed by atoms with E-state index in [1.165, 1.54) is 32.1 Å². The first-order chi connectivity index (χ1) is 20.6. The number of unbranched alkanes of at least 4 members (excludes halogenated alkanes) is 14. The van der Waals surface area contributed by atoms with Gasteiger partial charge in [0.2, 0.25) is 0 Å². The molecular weight excluding hydrogens is 577 g/mol. The fourth-order valence-corrected chi connectivity index (χ4v) is 4.90. The van der Waals surface area contributed by atoms with Crippen LogP contribution in [0.5, 0.6) is 0 Å². The maximum Gasteiger partial charge on any atom is 0.472 e. The van der Waals surface area contributed by atoms with Gasteiger partial charge in [0.15, 0.2) is 6.10 Å². The van der Waals surface area contributed by atoms with Crippen molar-refractivity contribution in [1.29, 1.82) is 0 Å². The summed E-state index contributed by atoms with van der Waals surface area (Å²) in [7, 11) is -4.69. The van der Waals surface area contributed by atoms with Crippen molar-refractivity contribution >= 4 is 25.7 Å². The number of allylic oxidation sites excluding steroid dienone is 2. The molecule has 11 nitrogen and oxygen atoms in total. The molecule has 0 saturated heterocycles. The van der Waals surface area contributed by atoms with E-state index in [0.717, 1.165) is 64.2 Å². The number of phosphoric ester groups is 1. The molecule has 0 aliphatic rings. The average Bonchev–Trinajstić information content (AvgIpc) is 2.97. The van der Waals surface area contributed by atoms with Gasteiger partial charge in [-0.1, -0.05) is 103 Å². The van der Waals surface area contributed by atoms with Crippen LogP contribution in [0.3, 0.4) is 0 Å². The van der Waals surface area contributed by atoms with Crippen molar-refractivity contribution in [2.45, 2.75) is 148 Å². The second-order valence-corrected chi connectivity index (χ2v) is 12.4. The first-order valence-electron chi connectivity index (χ1n) is 16.2. The van der Waals surface area contributed by atoms with Crippen LogP contribution in [0.1, 0.15) is 136 Å². The lowest BCUT2D eigenvalue weighted by Crippen LogP contribution is -2.34. The molecule has 0 rings (SSSR count). The lowest BCUT2D eigenvalue weighted by atomic mass is 10.1. The highest BCUT2D eigenvalue weighted by Gasteiger charge is 2.28. The number of carbonyl (C=O) groups is 3. The van der Waals surface area contributed by atoms with Gasteiger partial charge in [-0.25, -0.2) is 4.57 Å². The largest absolute Gasteiger partial charge is 0.480 e. The number of hydrogen-bond donors (Lipinski definition) is 3. The second kappa shape index (κ2) is 27.7. The Balaban J connectivity index is 4.55. The summed E-state index contributed by atoms with van der Waals surface area (Å²) in [4.78, 5) is 45.4. The van der Waals surface area contributed by atoms with Crippen molar-refractivity contribution < 1.29 is 47.5 Å². The topological polar surface area (TPSA) is 172 Å². The first kappa shape index (κ1) is 41.2. The van der Waals surface area contributed by atoms with E-state index in [1.807, 2.05) is 0 Å². The molecule has 0 heterocycles. The Morgan fingerprint density at radius 3 is 1.79 bits per heavy atom. The highest BCUT2D eigenvalue weighted by molar-refractivity contribution is 7.47. The molecule has 0 aliphatic carbocycles. The third-order valence-corrected chi connectivity index (χ3v) is 7.70. The van der Waals surface area contributed by atoms with Gasteiger partial charge in [0, 0.05) is 12.8 Å². The van der Waals surface area contributed by atoms with Gasteiger partial charge in [-0.3, -0.25) is 23.4 Å². The van der Waals surface area contributed by atoms with E-state index in [9.17, 15) is 23.8 Å². The molecule has 252 valence electrons.